The second kappa shape index (κ2) is 7.91. The van der Waals surface area contributed by atoms with Crippen LogP contribution in [-0.2, 0) is 4.79 Å². The van der Waals surface area contributed by atoms with Crippen LogP contribution in [0.1, 0.15) is 44.9 Å². The van der Waals surface area contributed by atoms with Crippen LogP contribution in [-0.4, -0.2) is 29.5 Å². The number of carbonyl (C=O) groups excluding carboxylic acids is 1. The van der Waals surface area contributed by atoms with Gasteiger partial charge in [0.05, 0.1) is 6.10 Å². The third-order valence-corrected chi connectivity index (χ3v) is 3.49. The lowest BCUT2D eigenvalue weighted by molar-refractivity contribution is -0.121. The molecule has 0 aromatic carbocycles. The summed E-state index contributed by atoms with van der Waals surface area (Å²) >= 11 is 5.54. The van der Waals surface area contributed by atoms with Gasteiger partial charge in [-0.05, 0) is 25.7 Å². The van der Waals surface area contributed by atoms with Crippen molar-refractivity contribution in [1.29, 1.82) is 0 Å². The maximum Gasteiger partial charge on any atom is 0.220 e. The Bertz CT molecular complexity index is 211. The Morgan fingerprint density at radius 1 is 1.31 bits per heavy atom. The summed E-state index contributed by atoms with van der Waals surface area (Å²) in [5, 5.41) is 12.6. The number of nitrogens with one attached hydrogen (secondary N) is 1. The monoisotopic (exact) mass is 247 g/mol. The second-order valence-corrected chi connectivity index (χ2v) is 4.94. The van der Waals surface area contributed by atoms with Gasteiger partial charge in [0.25, 0.3) is 0 Å². The zero-order valence-corrected chi connectivity index (χ0v) is 10.5. The number of hydrogen-bond acceptors (Lipinski definition) is 2. The van der Waals surface area contributed by atoms with Crippen molar-refractivity contribution in [2.75, 3.05) is 12.4 Å². The van der Waals surface area contributed by atoms with E-state index in [0.29, 0.717) is 18.8 Å². The van der Waals surface area contributed by atoms with Crippen LogP contribution in [0.4, 0.5) is 0 Å². The summed E-state index contributed by atoms with van der Waals surface area (Å²) in [7, 11) is 0. The van der Waals surface area contributed by atoms with E-state index in [4.69, 9.17) is 11.6 Å². The molecule has 2 unspecified atom stereocenters. The Balaban J connectivity index is 2.10. The van der Waals surface area contributed by atoms with Crippen molar-refractivity contribution in [3.05, 3.63) is 0 Å². The molecular weight excluding hydrogens is 226 g/mol. The molecule has 4 heteroatoms. The number of halogens is 1. The van der Waals surface area contributed by atoms with E-state index in [1.807, 2.05) is 0 Å². The quantitative estimate of drug-likeness (QED) is 0.558. The molecule has 16 heavy (non-hydrogen) atoms. The predicted octanol–water partition coefficient (Wildman–Crippen LogP) is 2.06. The highest BCUT2D eigenvalue weighted by molar-refractivity contribution is 6.17. The highest BCUT2D eigenvalue weighted by Gasteiger charge is 2.22. The molecule has 0 spiro atoms. The van der Waals surface area contributed by atoms with Crippen molar-refractivity contribution in [2.24, 2.45) is 5.92 Å². The van der Waals surface area contributed by atoms with Crippen molar-refractivity contribution >= 4 is 17.5 Å². The Hall–Kier alpha value is -0.280. The average molecular weight is 248 g/mol. The van der Waals surface area contributed by atoms with Crippen molar-refractivity contribution < 1.29 is 9.90 Å². The van der Waals surface area contributed by atoms with Crippen molar-refractivity contribution in [1.82, 2.24) is 5.32 Å². The van der Waals surface area contributed by atoms with Gasteiger partial charge in [-0.3, -0.25) is 4.79 Å². The molecule has 0 aromatic heterocycles. The topological polar surface area (TPSA) is 49.3 Å². The van der Waals surface area contributed by atoms with Gasteiger partial charge in [-0.1, -0.05) is 12.8 Å². The van der Waals surface area contributed by atoms with E-state index in [2.05, 4.69) is 5.32 Å². The van der Waals surface area contributed by atoms with Crippen LogP contribution in [0.3, 0.4) is 0 Å². The van der Waals surface area contributed by atoms with Gasteiger partial charge in [-0.25, -0.2) is 0 Å². The van der Waals surface area contributed by atoms with Crippen LogP contribution < -0.4 is 5.32 Å². The number of aliphatic hydroxyl groups is 1. The minimum absolute atomic E-state index is 0.0860. The third kappa shape index (κ3) is 5.17. The van der Waals surface area contributed by atoms with E-state index < -0.39 is 0 Å². The van der Waals surface area contributed by atoms with Gasteiger partial charge in [0.1, 0.15) is 0 Å². The minimum atomic E-state index is -0.225. The largest absolute Gasteiger partial charge is 0.393 e. The Morgan fingerprint density at radius 2 is 2.06 bits per heavy atom. The van der Waals surface area contributed by atoms with E-state index in [0.717, 1.165) is 32.1 Å². The third-order valence-electron chi connectivity index (χ3n) is 3.22. The predicted molar refractivity (Wildman–Crippen MR) is 65.5 cm³/mol. The number of hydrogen-bond donors (Lipinski definition) is 2. The van der Waals surface area contributed by atoms with Crippen molar-refractivity contribution in [3.8, 4) is 0 Å². The molecule has 2 N–H and O–H groups in total. The SMILES string of the molecule is O=C(CCCCCl)NCC1CCCCC1O. The molecule has 0 saturated heterocycles. The Morgan fingerprint density at radius 3 is 2.75 bits per heavy atom. The molecule has 1 aliphatic rings. The number of carbonyl (C=O) groups is 1. The first-order valence-corrected chi connectivity index (χ1v) is 6.78. The molecule has 0 heterocycles. The number of amides is 1. The first-order valence-electron chi connectivity index (χ1n) is 6.24. The fourth-order valence-corrected chi connectivity index (χ4v) is 2.33. The first kappa shape index (κ1) is 13.8. The minimum Gasteiger partial charge on any atom is -0.393 e. The highest BCUT2D eigenvalue weighted by Crippen LogP contribution is 2.23. The first-order chi connectivity index (χ1) is 7.74. The van der Waals surface area contributed by atoms with Gasteiger partial charge in [0, 0.05) is 24.8 Å². The van der Waals surface area contributed by atoms with Gasteiger partial charge in [0.15, 0.2) is 0 Å². The van der Waals surface area contributed by atoms with Crippen LogP contribution in [0.25, 0.3) is 0 Å². The van der Waals surface area contributed by atoms with E-state index in [-0.39, 0.29) is 17.9 Å². The van der Waals surface area contributed by atoms with Crippen molar-refractivity contribution in [2.45, 2.75) is 51.0 Å². The Labute approximate surface area is 103 Å². The molecular formula is C12H22ClNO2. The van der Waals surface area contributed by atoms with Gasteiger partial charge in [0.2, 0.25) is 5.91 Å². The molecule has 1 saturated carbocycles. The fourth-order valence-electron chi connectivity index (χ4n) is 2.14. The average Bonchev–Trinajstić information content (AvgIpc) is 2.28. The summed E-state index contributed by atoms with van der Waals surface area (Å²) in [5.41, 5.74) is 0. The van der Waals surface area contributed by atoms with Crippen LogP contribution >= 0.6 is 11.6 Å². The van der Waals surface area contributed by atoms with E-state index in [1.54, 1.807) is 0 Å². The zero-order chi connectivity index (χ0) is 11.8. The maximum absolute atomic E-state index is 11.4. The second-order valence-electron chi connectivity index (χ2n) is 4.56. The molecule has 94 valence electrons. The summed E-state index contributed by atoms with van der Waals surface area (Å²) in [5.74, 6) is 0.961. The van der Waals surface area contributed by atoms with Crippen LogP contribution in [0.15, 0.2) is 0 Å². The maximum atomic E-state index is 11.4. The van der Waals surface area contributed by atoms with Gasteiger partial charge in [-0.15, -0.1) is 11.6 Å². The number of unbranched alkanes of at least 4 members (excludes halogenated alkanes) is 1. The van der Waals surface area contributed by atoms with Crippen molar-refractivity contribution in [3.63, 3.8) is 0 Å². The molecule has 0 bridgehead atoms. The standard InChI is InChI=1S/C12H22ClNO2/c13-8-4-3-7-12(16)14-9-10-5-1-2-6-11(10)15/h10-11,15H,1-9H2,(H,14,16). The molecule has 2 atom stereocenters. The Kier molecular flexibility index (Phi) is 6.81. The smallest absolute Gasteiger partial charge is 0.220 e. The van der Waals surface area contributed by atoms with E-state index in [1.165, 1.54) is 6.42 Å². The molecule has 1 aliphatic carbocycles. The van der Waals surface area contributed by atoms with Gasteiger partial charge >= 0.3 is 0 Å². The van der Waals surface area contributed by atoms with Gasteiger partial charge in [-0.2, -0.15) is 0 Å². The number of aliphatic hydroxyl groups excluding tert-OH is 1. The van der Waals surface area contributed by atoms with Crippen LogP contribution in [0.2, 0.25) is 0 Å². The fraction of sp³-hybridized carbons (Fsp3) is 0.917. The zero-order valence-electron chi connectivity index (χ0n) is 9.75. The summed E-state index contributed by atoms with van der Waals surface area (Å²) in [6, 6.07) is 0. The normalized spacial score (nSPS) is 25.4. The van der Waals surface area contributed by atoms with Crippen LogP contribution in [0.5, 0.6) is 0 Å². The summed E-state index contributed by atoms with van der Waals surface area (Å²) < 4.78 is 0. The molecule has 1 amide bonds. The summed E-state index contributed by atoms with van der Waals surface area (Å²) in [4.78, 5) is 11.4. The lowest BCUT2D eigenvalue weighted by Crippen LogP contribution is -2.36. The molecule has 0 aliphatic heterocycles. The number of alkyl halides is 1. The summed E-state index contributed by atoms with van der Waals surface area (Å²) in [6.07, 6.45) is 6.26. The van der Waals surface area contributed by atoms with E-state index in [9.17, 15) is 9.90 Å². The summed E-state index contributed by atoms with van der Waals surface area (Å²) in [6.45, 7) is 0.626. The highest BCUT2D eigenvalue weighted by atomic mass is 35.5. The van der Waals surface area contributed by atoms with Gasteiger partial charge < -0.3 is 10.4 Å². The molecule has 1 rings (SSSR count). The lowest BCUT2D eigenvalue weighted by atomic mass is 9.86. The molecule has 1 fully saturated rings. The van der Waals surface area contributed by atoms with E-state index >= 15 is 0 Å². The molecule has 3 nitrogen and oxygen atoms in total. The number of rotatable bonds is 6. The molecule has 0 radical (unpaired) electrons. The van der Waals surface area contributed by atoms with Crippen LogP contribution in [0, 0.1) is 5.92 Å². The molecule has 0 aromatic rings. The lowest BCUT2D eigenvalue weighted by Gasteiger charge is -2.27.